The first kappa shape index (κ1) is 12.1. The number of rotatable bonds is 2. The molecule has 0 fully saturated rings. The number of benzene rings is 1. The van der Waals surface area contributed by atoms with Crippen LogP contribution < -0.4 is 0 Å². The predicted octanol–water partition coefficient (Wildman–Crippen LogP) is 2.61. The summed E-state index contributed by atoms with van der Waals surface area (Å²) >= 11 is 0. The molecule has 2 rings (SSSR count). The van der Waals surface area contributed by atoms with E-state index >= 15 is 0 Å². The number of aromatic nitrogens is 1. The van der Waals surface area contributed by atoms with Crippen molar-refractivity contribution in [2.24, 2.45) is 0 Å². The molecule has 0 saturated carbocycles. The number of nitriles is 1. The van der Waals surface area contributed by atoms with Crippen LogP contribution in [0.3, 0.4) is 0 Å². The molecule has 2 aromatic rings. The fourth-order valence-electron chi connectivity index (χ4n) is 1.73. The fraction of sp³-hybridized carbons (Fsp3) is 0.214. The summed E-state index contributed by atoms with van der Waals surface area (Å²) in [6.07, 6.45) is -0.760. The van der Waals surface area contributed by atoms with Gasteiger partial charge < -0.3 is 4.74 Å². The number of pyridine rings is 1. The molecular weight excluding hydrogens is 228 g/mol. The molecule has 1 aromatic heterocycles. The Hall–Kier alpha value is -2.41. The third-order valence-electron chi connectivity index (χ3n) is 2.53. The molecule has 0 radical (unpaired) electrons. The van der Waals surface area contributed by atoms with E-state index in [1.807, 2.05) is 37.3 Å². The van der Waals surface area contributed by atoms with Crippen LogP contribution in [0.2, 0.25) is 0 Å². The standard InChI is InChI=1S/C14H12N2O2/c1-9-7-12(14(17)18-10(2)8-15)11-5-3-4-6-13(11)16-9/h3-7,10H,1-2H3/t10-/m0/s1. The first-order valence-electron chi connectivity index (χ1n) is 5.59. The highest BCUT2D eigenvalue weighted by molar-refractivity contribution is 6.03. The Balaban J connectivity index is 2.50. The maximum absolute atomic E-state index is 12.0. The number of hydrogen-bond acceptors (Lipinski definition) is 4. The second-order valence-electron chi connectivity index (χ2n) is 4.00. The Labute approximate surface area is 105 Å². The summed E-state index contributed by atoms with van der Waals surface area (Å²) in [5.74, 6) is -0.495. The van der Waals surface area contributed by atoms with E-state index in [0.29, 0.717) is 5.56 Å². The molecule has 1 heterocycles. The lowest BCUT2D eigenvalue weighted by Crippen LogP contribution is -2.14. The first-order valence-corrected chi connectivity index (χ1v) is 5.59. The van der Waals surface area contributed by atoms with Crippen LogP contribution in [-0.2, 0) is 4.74 Å². The van der Waals surface area contributed by atoms with Crippen LogP contribution in [0.5, 0.6) is 0 Å². The second kappa shape index (κ2) is 4.84. The highest BCUT2D eigenvalue weighted by Gasteiger charge is 2.15. The number of nitrogens with zero attached hydrogens (tertiary/aromatic N) is 2. The van der Waals surface area contributed by atoms with Crippen molar-refractivity contribution in [2.45, 2.75) is 20.0 Å². The molecule has 0 aliphatic heterocycles. The van der Waals surface area contributed by atoms with Crippen LogP contribution >= 0.6 is 0 Å². The molecule has 1 aromatic carbocycles. The van der Waals surface area contributed by atoms with Crippen LogP contribution in [0, 0.1) is 18.3 Å². The van der Waals surface area contributed by atoms with Crippen LogP contribution in [-0.4, -0.2) is 17.1 Å². The molecule has 0 N–H and O–H groups in total. The molecule has 0 bridgehead atoms. The lowest BCUT2D eigenvalue weighted by Gasteiger charge is -2.09. The number of aryl methyl sites for hydroxylation is 1. The lowest BCUT2D eigenvalue weighted by atomic mass is 10.1. The fourth-order valence-corrected chi connectivity index (χ4v) is 1.73. The van der Waals surface area contributed by atoms with Gasteiger partial charge in [-0.15, -0.1) is 0 Å². The summed E-state index contributed by atoms with van der Waals surface area (Å²) in [6.45, 7) is 3.35. The van der Waals surface area contributed by atoms with E-state index in [2.05, 4.69) is 4.98 Å². The Kier molecular flexibility index (Phi) is 3.24. The minimum absolute atomic E-state index is 0.445. The molecule has 90 valence electrons. The quantitative estimate of drug-likeness (QED) is 0.757. The molecule has 0 saturated heterocycles. The van der Waals surface area contributed by atoms with E-state index in [4.69, 9.17) is 10.00 Å². The Morgan fingerprint density at radius 1 is 1.44 bits per heavy atom. The maximum Gasteiger partial charge on any atom is 0.340 e. The highest BCUT2D eigenvalue weighted by atomic mass is 16.5. The average molecular weight is 240 g/mol. The summed E-state index contributed by atoms with van der Waals surface area (Å²) < 4.78 is 5.02. The van der Waals surface area contributed by atoms with E-state index in [0.717, 1.165) is 16.6 Å². The maximum atomic E-state index is 12.0. The summed E-state index contributed by atoms with van der Waals surface area (Å²) in [4.78, 5) is 16.3. The summed E-state index contributed by atoms with van der Waals surface area (Å²) in [5, 5.41) is 9.39. The SMILES string of the molecule is Cc1cc(C(=O)O[C@@H](C)C#N)c2ccccc2n1. The molecule has 0 spiro atoms. The zero-order valence-electron chi connectivity index (χ0n) is 10.2. The smallest absolute Gasteiger partial charge is 0.340 e. The molecule has 0 amide bonds. The van der Waals surface area contributed by atoms with Gasteiger partial charge in [0.1, 0.15) is 6.07 Å². The number of esters is 1. The predicted molar refractivity (Wildman–Crippen MR) is 67.0 cm³/mol. The summed E-state index contributed by atoms with van der Waals surface area (Å²) in [6, 6.07) is 10.9. The minimum atomic E-state index is -0.760. The van der Waals surface area contributed by atoms with Crippen LogP contribution in [0.15, 0.2) is 30.3 Å². The molecule has 1 atom stereocenters. The van der Waals surface area contributed by atoms with Gasteiger partial charge in [-0.3, -0.25) is 4.98 Å². The van der Waals surface area contributed by atoms with E-state index < -0.39 is 12.1 Å². The van der Waals surface area contributed by atoms with Gasteiger partial charge in [0, 0.05) is 11.1 Å². The first-order chi connectivity index (χ1) is 8.61. The van der Waals surface area contributed by atoms with Gasteiger partial charge in [0.05, 0.1) is 11.1 Å². The van der Waals surface area contributed by atoms with Crippen molar-refractivity contribution < 1.29 is 9.53 Å². The summed E-state index contributed by atoms with van der Waals surface area (Å²) in [7, 11) is 0. The number of ether oxygens (including phenoxy) is 1. The zero-order chi connectivity index (χ0) is 13.1. The minimum Gasteiger partial charge on any atom is -0.444 e. The molecule has 0 unspecified atom stereocenters. The summed E-state index contributed by atoms with van der Waals surface area (Å²) in [5.41, 5.74) is 1.93. The van der Waals surface area contributed by atoms with Gasteiger partial charge in [0.2, 0.25) is 0 Å². The van der Waals surface area contributed by atoms with Gasteiger partial charge in [0.15, 0.2) is 6.10 Å². The lowest BCUT2D eigenvalue weighted by molar-refractivity contribution is 0.0437. The van der Waals surface area contributed by atoms with E-state index in [1.165, 1.54) is 6.92 Å². The van der Waals surface area contributed by atoms with Gasteiger partial charge >= 0.3 is 5.97 Å². The van der Waals surface area contributed by atoms with Crippen LogP contribution in [0.4, 0.5) is 0 Å². The monoisotopic (exact) mass is 240 g/mol. The van der Waals surface area contributed by atoms with Crippen LogP contribution in [0.1, 0.15) is 23.0 Å². The van der Waals surface area contributed by atoms with Crippen LogP contribution in [0.25, 0.3) is 10.9 Å². The Morgan fingerprint density at radius 3 is 2.89 bits per heavy atom. The number of hydrogen-bond donors (Lipinski definition) is 0. The number of carbonyl (C=O) groups is 1. The van der Waals surface area contributed by atoms with Crippen molar-refractivity contribution in [1.29, 1.82) is 5.26 Å². The topological polar surface area (TPSA) is 63.0 Å². The van der Waals surface area contributed by atoms with E-state index in [-0.39, 0.29) is 0 Å². The average Bonchev–Trinajstić information content (AvgIpc) is 2.37. The van der Waals surface area contributed by atoms with E-state index in [9.17, 15) is 4.79 Å². The van der Waals surface area contributed by atoms with Gasteiger partial charge in [0.25, 0.3) is 0 Å². The van der Waals surface area contributed by atoms with Gasteiger partial charge in [-0.25, -0.2) is 4.79 Å². The highest BCUT2D eigenvalue weighted by Crippen LogP contribution is 2.19. The van der Waals surface area contributed by atoms with Gasteiger partial charge in [-0.1, -0.05) is 18.2 Å². The van der Waals surface area contributed by atoms with Gasteiger partial charge in [-0.2, -0.15) is 5.26 Å². The number of fused-ring (bicyclic) bond motifs is 1. The van der Waals surface area contributed by atoms with E-state index in [1.54, 1.807) is 6.07 Å². The Morgan fingerprint density at radius 2 is 2.17 bits per heavy atom. The van der Waals surface area contributed by atoms with Gasteiger partial charge in [-0.05, 0) is 26.0 Å². The molecule has 0 aliphatic rings. The molecule has 4 nitrogen and oxygen atoms in total. The molecular formula is C14H12N2O2. The largest absolute Gasteiger partial charge is 0.444 e. The Bertz CT molecular complexity index is 644. The van der Waals surface area contributed by atoms with Crippen molar-refractivity contribution in [1.82, 2.24) is 4.98 Å². The van der Waals surface area contributed by atoms with Crippen molar-refractivity contribution in [3.05, 3.63) is 41.6 Å². The van der Waals surface area contributed by atoms with Crippen molar-refractivity contribution in [3.8, 4) is 6.07 Å². The second-order valence-corrected chi connectivity index (χ2v) is 4.00. The molecule has 18 heavy (non-hydrogen) atoms. The normalized spacial score (nSPS) is 11.8. The zero-order valence-corrected chi connectivity index (χ0v) is 10.2. The number of para-hydroxylation sites is 1. The third kappa shape index (κ3) is 2.30. The number of carbonyl (C=O) groups excluding carboxylic acids is 1. The molecule has 4 heteroatoms. The van der Waals surface area contributed by atoms with Crippen molar-refractivity contribution in [2.75, 3.05) is 0 Å². The van der Waals surface area contributed by atoms with Crippen molar-refractivity contribution >= 4 is 16.9 Å². The van der Waals surface area contributed by atoms with Crippen molar-refractivity contribution in [3.63, 3.8) is 0 Å². The molecule has 0 aliphatic carbocycles. The third-order valence-corrected chi connectivity index (χ3v) is 2.53.